The molecule has 3 heterocycles. The van der Waals surface area contributed by atoms with Crippen LogP contribution in [0.5, 0.6) is 0 Å². The van der Waals surface area contributed by atoms with Gasteiger partial charge in [-0.1, -0.05) is 37.3 Å². The summed E-state index contributed by atoms with van der Waals surface area (Å²) in [7, 11) is 0. The molecule has 1 aliphatic heterocycles. The third-order valence-electron chi connectivity index (χ3n) is 6.85. The predicted octanol–water partition coefficient (Wildman–Crippen LogP) is 4.12. The Morgan fingerprint density at radius 1 is 1.22 bits per heavy atom. The first kappa shape index (κ1) is 20.8. The molecule has 0 radical (unpaired) electrons. The lowest BCUT2D eigenvalue weighted by Gasteiger charge is -2.26. The van der Waals surface area contributed by atoms with Crippen molar-refractivity contribution in [3.8, 4) is 0 Å². The molecule has 1 saturated carbocycles. The number of benzene rings is 1. The van der Waals surface area contributed by atoms with Crippen LogP contribution in [-0.4, -0.2) is 45.6 Å². The number of hydrogen-bond acceptors (Lipinski definition) is 4. The van der Waals surface area contributed by atoms with E-state index >= 15 is 0 Å². The highest BCUT2D eigenvalue weighted by Crippen LogP contribution is 2.37. The van der Waals surface area contributed by atoms with Crippen LogP contribution >= 0.6 is 0 Å². The Hall–Kier alpha value is -3.03. The van der Waals surface area contributed by atoms with E-state index in [1.807, 2.05) is 19.2 Å². The SMILES string of the molecule is Cc1cc(N2CC[C@](C)(c3ccccc3)C2)cn2nc(C(=O)NC3CCC(F)(F)C3)nc12. The van der Waals surface area contributed by atoms with Crippen molar-refractivity contribution < 1.29 is 13.6 Å². The van der Waals surface area contributed by atoms with E-state index in [2.05, 4.69) is 57.6 Å². The maximum Gasteiger partial charge on any atom is 0.291 e. The average molecular weight is 440 g/mol. The minimum absolute atomic E-state index is 0.0102. The molecule has 1 aliphatic carbocycles. The Bertz CT molecular complexity index is 1160. The van der Waals surface area contributed by atoms with Crippen LogP contribution in [0.2, 0.25) is 0 Å². The second kappa shape index (κ2) is 7.53. The molecule has 1 N–H and O–H groups in total. The van der Waals surface area contributed by atoms with Crippen LogP contribution in [-0.2, 0) is 5.41 Å². The van der Waals surface area contributed by atoms with Crippen molar-refractivity contribution in [2.24, 2.45) is 0 Å². The van der Waals surface area contributed by atoms with E-state index in [4.69, 9.17) is 0 Å². The molecule has 8 heteroatoms. The van der Waals surface area contributed by atoms with Gasteiger partial charge in [0.05, 0.1) is 11.9 Å². The number of anilines is 1. The summed E-state index contributed by atoms with van der Waals surface area (Å²) in [6.45, 7) is 6.05. The predicted molar refractivity (Wildman–Crippen MR) is 118 cm³/mol. The van der Waals surface area contributed by atoms with E-state index < -0.39 is 17.9 Å². The molecule has 2 fully saturated rings. The lowest BCUT2D eigenvalue weighted by Crippen LogP contribution is -2.34. The Kier molecular flexibility index (Phi) is 4.91. The summed E-state index contributed by atoms with van der Waals surface area (Å²) in [6.07, 6.45) is 2.68. The van der Waals surface area contributed by atoms with Gasteiger partial charge in [0.2, 0.25) is 11.7 Å². The van der Waals surface area contributed by atoms with Crippen molar-refractivity contribution in [1.29, 1.82) is 0 Å². The monoisotopic (exact) mass is 439 g/mol. The highest BCUT2D eigenvalue weighted by molar-refractivity contribution is 5.91. The number of carbonyl (C=O) groups excluding carboxylic acids is 1. The van der Waals surface area contributed by atoms with E-state index in [1.165, 1.54) is 5.56 Å². The van der Waals surface area contributed by atoms with Crippen LogP contribution < -0.4 is 10.2 Å². The smallest absolute Gasteiger partial charge is 0.291 e. The first-order chi connectivity index (χ1) is 15.2. The molecule has 2 aromatic heterocycles. The van der Waals surface area contributed by atoms with Gasteiger partial charge >= 0.3 is 0 Å². The number of rotatable bonds is 4. The lowest BCUT2D eigenvalue weighted by atomic mass is 9.82. The number of nitrogens with one attached hydrogen (secondary N) is 1. The number of carbonyl (C=O) groups is 1. The summed E-state index contributed by atoms with van der Waals surface area (Å²) in [5, 5.41) is 7.02. The van der Waals surface area contributed by atoms with Gasteiger partial charge in [-0.25, -0.2) is 18.3 Å². The Morgan fingerprint density at radius 2 is 2.00 bits per heavy atom. The van der Waals surface area contributed by atoms with Crippen molar-refractivity contribution in [3.63, 3.8) is 0 Å². The fourth-order valence-corrected chi connectivity index (χ4v) is 4.98. The molecule has 0 spiro atoms. The third-order valence-corrected chi connectivity index (χ3v) is 6.85. The van der Waals surface area contributed by atoms with E-state index in [0.29, 0.717) is 5.65 Å². The second-order valence-corrected chi connectivity index (χ2v) is 9.45. The molecule has 5 rings (SSSR count). The van der Waals surface area contributed by atoms with Gasteiger partial charge in [-0.15, -0.1) is 5.10 Å². The summed E-state index contributed by atoms with van der Waals surface area (Å²) in [5.41, 5.74) is 3.94. The number of nitrogens with zero attached hydrogens (tertiary/aromatic N) is 4. The quantitative estimate of drug-likeness (QED) is 0.664. The van der Waals surface area contributed by atoms with Gasteiger partial charge < -0.3 is 10.2 Å². The van der Waals surface area contributed by atoms with Crippen molar-refractivity contribution >= 4 is 17.2 Å². The number of alkyl halides is 2. The summed E-state index contributed by atoms with van der Waals surface area (Å²) >= 11 is 0. The van der Waals surface area contributed by atoms with Crippen LogP contribution in [0.3, 0.4) is 0 Å². The molecular weight excluding hydrogens is 412 g/mol. The highest BCUT2D eigenvalue weighted by Gasteiger charge is 2.40. The molecule has 2 atom stereocenters. The minimum atomic E-state index is -2.71. The number of aryl methyl sites for hydroxylation is 1. The largest absolute Gasteiger partial charge is 0.369 e. The zero-order chi connectivity index (χ0) is 22.5. The van der Waals surface area contributed by atoms with Crippen molar-refractivity contribution in [2.75, 3.05) is 18.0 Å². The molecule has 2 aliphatic rings. The zero-order valence-electron chi connectivity index (χ0n) is 18.3. The molecule has 32 heavy (non-hydrogen) atoms. The number of pyridine rings is 1. The lowest BCUT2D eigenvalue weighted by molar-refractivity contribution is 0.00709. The fourth-order valence-electron chi connectivity index (χ4n) is 4.98. The summed E-state index contributed by atoms with van der Waals surface area (Å²) in [4.78, 5) is 19.3. The molecule has 168 valence electrons. The van der Waals surface area contributed by atoms with E-state index in [9.17, 15) is 13.6 Å². The average Bonchev–Trinajstić information content (AvgIpc) is 3.46. The van der Waals surface area contributed by atoms with Gasteiger partial charge in [-0.3, -0.25) is 4.79 Å². The number of fused-ring (bicyclic) bond motifs is 1. The summed E-state index contributed by atoms with van der Waals surface area (Å²) in [6, 6.07) is 12.1. The molecule has 1 unspecified atom stereocenters. The molecule has 3 aromatic rings. The maximum atomic E-state index is 13.4. The number of aromatic nitrogens is 3. The van der Waals surface area contributed by atoms with Gasteiger partial charge in [-0.2, -0.15) is 0 Å². The topological polar surface area (TPSA) is 62.5 Å². The summed E-state index contributed by atoms with van der Waals surface area (Å²) < 4.78 is 28.5. The molecule has 6 nitrogen and oxygen atoms in total. The van der Waals surface area contributed by atoms with E-state index in [0.717, 1.165) is 30.8 Å². The zero-order valence-corrected chi connectivity index (χ0v) is 18.3. The molecule has 1 aromatic carbocycles. The minimum Gasteiger partial charge on any atom is -0.369 e. The Morgan fingerprint density at radius 3 is 2.72 bits per heavy atom. The first-order valence-corrected chi connectivity index (χ1v) is 11.1. The normalized spacial score (nSPS) is 24.9. The van der Waals surface area contributed by atoms with Gasteiger partial charge in [0.25, 0.3) is 5.91 Å². The number of amides is 1. The van der Waals surface area contributed by atoms with E-state index in [-0.39, 0.29) is 30.5 Å². The van der Waals surface area contributed by atoms with E-state index in [1.54, 1.807) is 4.52 Å². The van der Waals surface area contributed by atoms with Gasteiger partial charge in [-0.05, 0) is 37.0 Å². The fraction of sp³-hybridized carbons (Fsp3) is 0.458. The van der Waals surface area contributed by atoms with Crippen molar-refractivity contribution in [2.45, 2.75) is 56.9 Å². The van der Waals surface area contributed by atoms with Crippen LogP contribution in [0.25, 0.3) is 5.65 Å². The highest BCUT2D eigenvalue weighted by atomic mass is 19.3. The van der Waals surface area contributed by atoms with Gasteiger partial charge in [0.1, 0.15) is 0 Å². The number of hydrogen-bond donors (Lipinski definition) is 1. The van der Waals surface area contributed by atoms with Crippen molar-refractivity contribution in [3.05, 3.63) is 59.5 Å². The molecule has 1 saturated heterocycles. The molecular formula is C24H27F2N5O. The standard InChI is InChI=1S/C24H27F2N5O/c1-16-12-19(30-11-10-23(2,15-30)17-6-4-3-5-7-17)14-31-21(16)28-20(29-31)22(32)27-18-8-9-24(25,26)13-18/h3-7,12,14,18H,8-11,13,15H2,1-2H3,(H,27,32)/t18?,23-/m0/s1. The number of halogens is 2. The Balaban J connectivity index is 1.36. The van der Waals surface area contributed by atoms with Crippen LogP contribution in [0.15, 0.2) is 42.6 Å². The molecule has 1 amide bonds. The van der Waals surface area contributed by atoms with Crippen LogP contribution in [0.4, 0.5) is 14.5 Å². The van der Waals surface area contributed by atoms with Crippen molar-refractivity contribution in [1.82, 2.24) is 19.9 Å². The molecule has 0 bridgehead atoms. The maximum absolute atomic E-state index is 13.4. The third kappa shape index (κ3) is 3.82. The van der Waals surface area contributed by atoms with Gasteiger partial charge in [0.15, 0.2) is 5.65 Å². The first-order valence-electron chi connectivity index (χ1n) is 11.1. The summed E-state index contributed by atoms with van der Waals surface area (Å²) in [5.74, 6) is -3.20. The van der Waals surface area contributed by atoms with Crippen LogP contribution in [0, 0.1) is 6.92 Å². The Labute approximate surface area is 185 Å². The van der Waals surface area contributed by atoms with Gasteiger partial charge in [0, 0.05) is 37.4 Å². The second-order valence-electron chi connectivity index (χ2n) is 9.45. The van der Waals surface area contributed by atoms with Crippen LogP contribution in [0.1, 0.15) is 54.4 Å².